The fourth-order valence-electron chi connectivity index (χ4n) is 6.29. The fraction of sp³-hybridized carbons (Fsp3) is 0.0952. The second-order valence-electron chi connectivity index (χ2n) is 12.8. The van der Waals surface area contributed by atoms with Crippen LogP contribution in [0.2, 0.25) is 0 Å². The Bertz CT molecular complexity index is 2720. The van der Waals surface area contributed by atoms with Crippen molar-refractivity contribution in [3.05, 3.63) is 137 Å². The molecule has 3 aromatic heterocycles. The molecule has 13 heteroatoms. The predicted octanol–water partition coefficient (Wildman–Crippen LogP) is 9.67. The lowest BCUT2D eigenvalue weighted by molar-refractivity contribution is -0.136. The minimum absolute atomic E-state index is 0.00743. The number of nitrogens with zero attached hydrogens (tertiary/aromatic N) is 7. The van der Waals surface area contributed by atoms with E-state index in [0.717, 1.165) is 54.9 Å². The summed E-state index contributed by atoms with van der Waals surface area (Å²) in [6.07, 6.45) is 0.420. The van der Waals surface area contributed by atoms with Crippen molar-refractivity contribution >= 4 is 90.7 Å². The molecule has 268 valence electrons. The Morgan fingerprint density at radius 1 is 0.818 bits per heavy atom. The number of aromatic nitrogens is 3. The minimum atomic E-state index is -1.22. The second kappa shape index (κ2) is 14.5. The van der Waals surface area contributed by atoms with Crippen molar-refractivity contribution < 1.29 is 19.1 Å². The standard InChI is InChI=1S/C42H29N7O4S2/c1-24-13-17-28(18-14-24)48(29-19-15-25(2)16-20-29)41-31-12-8-7-11-30(31)37(54-41)33-22-44-38(36-35(33)46-55-47-36)45-34-26(3)32(21-43)39(50)49(40(34)51)42(52)53-23-27-9-5-4-6-10-27/h4-20,22H,23H2,1-3H3. The van der Waals surface area contributed by atoms with Gasteiger partial charge >= 0.3 is 6.09 Å². The Morgan fingerprint density at radius 3 is 2.09 bits per heavy atom. The molecule has 7 aromatic rings. The smallest absolute Gasteiger partial charge is 0.424 e. The number of anilines is 3. The number of carbonyl (C=O) groups excluding carboxylic acids is 3. The van der Waals surface area contributed by atoms with E-state index in [-0.39, 0.29) is 23.7 Å². The first kappa shape index (κ1) is 35.2. The van der Waals surface area contributed by atoms with Crippen LogP contribution in [0, 0.1) is 25.2 Å². The highest BCUT2D eigenvalue weighted by atomic mass is 32.1. The average Bonchev–Trinajstić information content (AvgIpc) is 3.84. The van der Waals surface area contributed by atoms with Crippen LogP contribution in [-0.4, -0.2) is 42.3 Å². The number of rotatable bonds is 7. The number of benzene rings is 4. The van der Waals surface area contributed by atoms with Gasteiger partial charge in [0.2, 0.25) is 0 Å². The zero-order valence-electron chi connectivity index (χ0n) is 29.7. The molecule has 11 nitrogen and oxygen atoms in total. The van der Waals surface area contributed by atoms with Gasteiger partial charge in [-0.15, -0.1) is 11.3 Å². The predicted molar refractivity (Wildman–Crippen MR) is 214 cm³/mol. The lowest BCUT2D eigenvalue weighted by atomic mass is 9.99. The quantitative estimate of drug-likeness (QED) is 0.145. The largest absolute Gasteiger partial charge is 0.444 e. The lowest BCUT2D eigenvalue weighted by Gasteiger charge is -2.24. The van der Waals surface area contributed by atoms with Crippen molar-refractivity contribution in [2.75, 3.05) is 4.90 Å². The molecule has 0 atom stereocenters. The summed E-state index contributed by atoms with van der Waals surface area (Å²) in [5.41, 5.74) is 5.81. The molecule has 55 heavy (non-hydrogen) atoms. The van der Waals surface area contributed by atoms with Crippen molar-refractivity contribution in [3.63, 3.8) is 0 Å². The van der Waals surface area contributed by atoms with E-state index in [1.54, 1.807) is 47.9 Å². The summed E-state index contributed by atoms with van der Waals surface area (Å²) >= 11 is 2.56. The number of thiophene rings is 1. The van der Waals surface area contributed by atoms with Gasteiger partial charge in [-0.1, -0.05) is 90.0 Å². The molecule has 0 saturated heterocycles. The number of aryl methyl sites for hydroxylation is 2. The first-order valence-corrected chi connectivity index (χ1v) is 18.6. The van der Waals surface area contributed by atoms with Crippen LogP contribution in [0.1, 0.15) is 23.6 Å². The van der Waals surface area contributed by atoms with Gasteiger partial charge in [-0.25, -0.2) is 14.8 Å². The number of nitriles is 1. The summed E-state index contributed by atoms with van der Waals surface area (Å²) in [5, 5.41) is 12.9. The van der Waals surface area contributed by atoms with Gasteiger partial charge in [-0.05, 0) is 50.6 Å². The lowest BCUT2D eigenvalue weighted by Crippen LogP contribution is -2.50. The number of amides is 3. The van der Waals surface area contributed by atoms with Crippen molar-refractivity contribution in [3.8, 4) is 16.5 Å². The molecule has 8 rings (SSSR count). The highest BCUT2D eigenvalue weighted by Crippen LogP contribution is 2.50. The number of ether oxygens (including phenoxy) is 1. The van der Waals surface area contributed by atoms with Crippen LogP contribution >= 0.6 is 23.1 Å². The fourth-order valence-corrected chi connectivity index (χ4v) is 8.18. The first-order chi connectivity index (χ1) is 26.7. The first-order valence-electron chi connectivity index (χ1n) is 17.1. The summed E-state index contributed by atoms with van der Waals surface area (Å²) in [6, 6.07) is 35.6. The molecule has 0 aliphatic carbocycles. The number of carbonyl (C=O) groups is 3. The van der Waals surface area contributed by atoms with Gasteiger partial charge in [0.25, 0.3) is 11.8 Å². The molecule has 0 N–H and O–H groups in total. The van der Waals surface area contributed by atoms with E-state index in [9.17, 15) is 19.6 Å². The molecule has 0 spiro atoms. The number of hydrogen-bond donors (Lipinski definition) is 0. The molecule has 0 unspecified atom stereocenters. The number of imide groups is 3. The van der Waals surface area contributed by atoms with Crippen LogP contribution in [0.15, 0.2) is 125 Å². The number of fused-ring (bicyclic) bond motifs is 2. The molecule has 0 saturated carbocycles. The van der Waals surface area contributed by atoms with Crippen LogP contribution in [0.3, 0.4) is 0 Å². The maximum absolute atomic E-state index is 13.8. The molecule has 1 aliphatic rings. The zero-order chi connectivity index (χ0) is 38.2. The van der Waals surface area contributed by atoms with E-state index in [2.05, 4.69) is 98.1 Å². The Hall–Kier alpha value is -6.88. The molecule has 0 bridgehead atoms. The van der Waals surface area contributed by atoms with Crippen LogP contribution in [-0.2, 0) is 20.9 Å². The van der Waals surface area contributed by atoms with Crippen LogP contribution < -0.4 is 4.90 Å². The summed E-state index contributed by atoms with van der Waals surface area (Å²) in [4.78, 5) is 52.8. The van der Waals surface area contributed by atoms with Crippen LogP contribution in [0.4, 0.5) is 27.0 Å². The maximum atomic E-state index is 13.8. The molecule has 0 radical (unpaired) electrons. The molecular formula is C42H29N7O4S2. The number of aliphatic imine (C=N–C) groups is 1. The molecule has 0 fully saturated rings. The highest BCUT2D eigenvalue weighted by Gasteiger charge is 2.42. The SMILES string of the molecule is CC1=C(C#N)C(=O)N(C(=O)OCc2ccccc2)C(=O)C1=Nc1ncc(-c2sc(N(c3ccc(C)cc3)c3ccc(C)cc3)c3ccccc23)c2nsnc12. The van der Waals surface area contributed by atoms with E-state index in [0.29, 0.717) is 27.1 Å². The number of hydrogen-bond acceptors (Lipinski definition) is 12. The van der Waals surface area contributed by atoms with Gasteiger partial charge in [0.05, 0.1) is 11.7 Å². The van der Waals surface area contributed by atoms with Gasteiger partial charge in [-0.2, -0.15) is 18.9 Å². The van der Waals surface area contributed by atoms with E-state index in [4.69, 9.17) is 4.74 Å². The zero-order valence-corrected chi connectivity index (χ0v) is 31.3. The summed E-state index contributed by atoms with van der Waals surface area (Å²) < 4.78 is 14.5. The molecule has 4 aromatic carbocycles. The normalized spacial score (nSPS) is 13.9. The van der Waals surface area contributed by atoms with Gasteiger partial charge in [0.15, 0.2) is 5.82 Å². The second-order valence-corrected chi connectivity index (χ2v) is 14.3. The van der Waals surface area contributed by atoms with Crippen molar-refractivity contribution in [2.24, 2.45) is 4.99 Å². The summed E-state index contributed by atoms with van der Waals surface area (Å²) in [6.45, 7) is 5.37. The topological polar surface area (TPSA) is 142 Å². The van der Waals surface area contributed by atoms with E-state index in [1.165, 1.54) is 6.92 Å². The minimum Gasteiger partial charge on any atom is -0.444 e. The average molecular weight is 760 g/mol. The van der Waals surface area contributed by atoms with Gasteiger partial charge in [0.1, 0.15) is 40.0 Å². The third-order valence-corrected chi connectivity index (χ3v) is 10.9. The Morgan fingerprint density at radius 2 is 1.44 bits per heavy atom. The van der Waals surface area contributed by atoms with Crippen LogP contribution in [0.25, 0.3) is 32.2 Å². The van der Waals surface area contributed by atoms with E-state index in [1.807, 2.05) is 18.2 Å². The van der Waals surface area contributed by atoms with E-state index < -0.39 is 23.5 Å². The monoisotopic (exact) mass is 759 g/mol. The summed E-state index contributed by atoms with van der Waals surface area (Å²) in [7, 11) is 0. The molecule has 1 aliphatic heterocycles. The maximum Gasteiger partial charge on any atom is 0.424 e. The van der Waals surface area contributed by atoms with Gasteiger partial charge in [-0.3, -0.25) is 9.59 Å². The summed E-state index contributed by atoms with van der Waals surface area (Å²) in [5.74, 6) is -2.08. The third-order valence-electron chi connectivity index (χ3n) is 9.17. The highest BCUT2D eigenvalue weighted by molar-refractivity contribution is 7.21. The van der Waals surface area contributed by atoms with Crippen molar-refractivity contribution in [2.45, 2.75) is 27.4 Å². The van der Waals surface area contributed by atoms with Crippen molar-refractivity contribution in [1.29, 1.82) is 5.26 Å². The van der Waals surface area contributed by atoms with Gasteiger partial charge in [0, 0.05) is 44.4 Å². The Labute approximate surface area is 323 Å². The molecule has 4 heterocycles. The Kier molecular flexibility index (Phi) is 9.28. The Balaban J connectivity index is 1.22. The number of pyridine rings is 1. The third kappa shape index (κ3) is 6.43. The van der Waals surface area contributed by atoms with Crippen LogP contribution in [0.5, 0.6) is 0 Å². The van der Waals surface area contributed by atoms with Gasteiger partial charge < -0.3 is 9.64 Å². The van der Waals surface area contributed by atoms with E-state index >= 15 is 0 Å². The molecule has 3 amide bonds. The molecular weight excluding hydrogens is 731 g/mol. The van der Waals surface area contributed by atoms with Crippen molar-refractivity contribution in [1.82, 2.24) is 18.6 Å².